The molecule has 0 bridgehead atoms. The summed E-state index contributed by atoms with van der Waals surface area (Å²) in [6.45, 7) is 11.6. The molecule has 0 spiro atoms. The van der Waals surface area contributed by atoms with E-state index in [9.17, 15) is 4.79 Å². The Morgan fingerprint density at radius 3 is 2.02 bits per heavy atom. The Balaban J connectivity index is 1.33. The van der Waals surface area contributed by atoms with E-state index in [0.29, 0.717) is 64.0 Å². The van der Waals surface area contributed by atoms with Crippen molar-refractivity contribution in [2.75, 3.05) is 90.4 Å². The summed E-state index contributed by atoms with van der Waals surface area (Å²) in [6, 6.07) is 15.3. The van der Waals surface area contributed by atoms with Crippen molar-refractivity contribution in [2.24, 2.45) is 16.0 Å². The van der Waals surface area contributed by atoms with Gasteiger partial charge in [-0.05, 0) is 81.4 Å². The number of carbonyl (C=O) groups excluding carboxylic acids is 1. The quantitative estimate of drug-likeness (QED) is 0.198. The van der Waals surface area contributed by atoms with Crippen molar-refractivity contribution in [1.82, 2.24) is 10.2 Å². The van der Waals surface area contributed by atoms with E-state index in [1.807, 2.05) is 12.1 Å². The molecule has 10 nitrogen and oxygen atoms in total. The summed E-state index contributed by atoms with van der Waals surface area (Å²) >= 11 is 0. The number of hydrogen-bond donors (Lipinski definition) is 2. The number of nitrogens with one attached hydrogen (secondary N) is 1. The minimum Gasteiger partial charge on any atom is -0.378 e. The van der Waals surface area contributed by atoms with Gasteiger partial charge in [-0.3, -0.25) is 4.79 Å². The summed E-state index contributed by atoms with van der Waals surface area (Å²) in [5.74, 6) is -0.156. The number of rotatable bonds is 19. The van der Waals surface area contributed by atoms with Crippen LogP contribution in [0.5, 0.6) is 0 Å². The van der Waals surface area contributed by atoms with E-state index >= 15 is 0 Å². The molecule has 0 aromatic heterocycles. The number of azo groups is 1. The van der Waals surface area contributed by atoms with E-state index in [-0.39, 0.29) is 5.91 Å². The van der Waals surface area contributed by atoms with Crippen LogP contribution in [0.25, 0.3) is 0 Å². The minimum absolute atomic E-state index is 0.156. The van der Waals surface area contributed by atoms with Crippen LogP contribution in [0.3, 0.4) is 0 Å². The molecule has 2 aromatic rings. The van der Waals surface area contributed by atoms with Gasteiger partial charge >= 0.3 is 0 Å². The predicted molar refractivity (Wildman–Crippen MR) is 159 cm³/mol. The summed E-state index contributed by atoms with van der Waals surface area (Å²) in [5, 5.41) is 11.5. The Hall–Kier alpha value is -2.89. The summed E-state index contributed by atoms with van der Waals surface area (Å²) in [7, 11) is 0. The van der Waals surface area contributed by atoms with Crippen LogP contribution in [0.15, 0.2) is 58.8 Å². The first-order valence-electron chi connectivity index (χ1n) is 14.5. The van der Waals surface area contributed by atoms with Crippen molar-refractivity contribution in [3.05, 3.63) is 54.1 Å². The molecule has 3 N–H and O–H groups in total. The zero-order valence-corrected chi connectivity index (χ0v) is 23.9. The number of piperidine rings is 1. The third kappa shape index (κ3) is 12.1. The average molecular weight is 555 g/mol. The fraction of sp³-hybridized carbons (Fsp3) is 0.567. The zero-order valence-electron chi connectivity index (χ0n) is 23.9. The first kappa shape index (κ1) is 31.6. The predicted octanol–water partition coefficient (Wildman–Crippen LogP) is 4.15. The normalized spacial score (nSPS) is 14.1. The number of likely N-dealkylation sites (N-methyl/N-ethyl adjacent to an activating group) is 1. The second-order valence-corrected chi connectivity index (χ2v) is 9.63. The van der Waals surface area contributed by atoms with Gasteiger partial charge in [0, 0.05) is 44.0 Å². The van der Waals surface area contributed by atoms with Crippen LogP contribution in [0.1, 0.15) is 36.5 Å². The smallest absolute Gasteiger partial charge is 0.251 e. The van der Waals surface area contributed by atoms with Gasteiger partial charge in [-0.2, -0.15) is 10.2 Å². The Kier molecular flexibility index (Phi) is 15.2. The molecule has 2 aromatic carbocycles. The maximum absolute atomic E-state index is 12.4. The average Bonchev–Trinajstić information content (AvgIpc) is 3.00. The molecular formula is C30H46N6O4. The first-order chi connectivity index (χ1) is 19.7. The second kappa shape index (κ2) is 19.2. The number of carbonyl (C=O) groups is 1. The molecule has 40 heavy (non-hydrogen) atoms. The van der Waals surface area contributed by atoms with Gasteiger partial charge in [0.1, 0.15) is 0 Å². The van der Waals surface area contributed by atoms with Crippen molar-refractivity contribution in [3.8, 4) is 0 Å². The molecule has 1 saturated heterocycles. The lowest BCUT2D eigenvalue weighted by molar-refractivity contribution is 0.0166. The van der Waals surface area contributed by atoms with Gasteiger partial charge in [0.2, 0.25) is 0 Å². The fourth-order valence-electron chi connectivity index (χ4n) is 4.40. The molecule has 1 aliphatic rings. The Labute approximate surface area is 238 Å². The number of benzene rings is 2. The van der Waals surface area contributed by atoms with E-state index < -0.39 is 0 Å². The van der Waals surface area contributed by atoms with Crippen molar-refractivity contribution in [3.63, 3.8) is 0 Å². The maximum Gasteiger partial charge on any atom is 0.251 e. The van der Waals surface area contributed by atoms with Crippen molar-refractivity contribution >= 4 is 23.0 Å². The zero-order chi connectivity index (χ0) is 28.3. The molecule has 0 atom stereocenters. The van der Waals surface area contributed by atoms with Crippen LogP contribution < -0.4 is 16.0 Å². The van der Waals surface area contributed by atoms with Gasteiger partial charge in [-0.1, -0.05) is 6.42 Å². The highest BCUT2D eigenvalue weighted by molar-refractivity contribution is 5.94. The van der Waals surface area contributed by atoms with Gasteiger partial charge in [-0.15, -0.1) is 0 Å². The molecule has 1 fully saturated rings. The Morgan fingerprint density at radius 1 is 0.850 bits per heavy atom. The minimum atomic E-state index is -0.156. The lowest BCUT2D eigenvalue weighted by Gasteiger charge is -2.30. The number of hydrogen-bond acceptors (Lipinski definition) is 9. The topological polar surface area (TPSA) is 114 Å². The molecule has 0 aliphatic carbocycles. The maximum atomic E-state index is 12.4. The molecule has 0 unspecified atom stereocenters. The Morgan fingerprint density at radius 2 is 1.43 bits per heavy atom. The van der Waals surface area contributed by atoms with Gasteiger partial charge in [-0.25, -0.2) is 0 Å². The van der Waals surface area contributed by atoms with E-state index in [1.165, 1.54) is 38.0 Å². The van der Waals surface area contributed by atoms with Gasteiger partial charge in [0.15, 0.2) is 0 Å². The van der Waals surface area contributed by atoms with E-state index in [0.717, 1.165) is 25.3 Å². The summed E-state index contributed by atoms with van der Waals surface area (Å²) in [6.07, 6.45) is 4.01. The van der Waals surface area contributed by atoms with Crippen LogP contribution >= 0.6 is 0 Å². The van der Waals surface area contributed by atoms with Crippen LogP contribution in [0.4, 0.5) is 17.1 Å². The second-order valence-electron chi connectivity index (χ2n) is 9.63. The Bertz CT molecular complexity index is 981. The number of likely N-dealkylation sites (tertiary alicyclic amines) is 1. The molecular weight excluding hydrogens is 508 g/mol. The summed E-state index contributed by atoms with van der Waals surface area (Å²) < 4.78 is 16.1. The molecule has 1 heterocycles. The summed E-state index contributed by atoms with van der Waals surface area (Å²) in [4.78, 5) is 17.3. The largest absolute Gasteiger partial charge is 0.378 e. The van der Waals surface area contributed by atoms with Crippen LogP contribution in [0, 0.1) is 0 Å². The van der Waals surface area contributed by atoms with E-state index in [2.05, 4.69) is 44.4 Å². The number of nitrogens with two attached hydrogens (primary N) is 1. The van der Waals surface area contributed by atoms with Gasteiger partial charge < -0.3 is 35.1 Å². The molecule has 220 valence electrons. The van der Waals surface area contributed by atoms with Crippen molar-refractivity contribution < 1.29 is 19.0 Å². The fourth-order valence-corrected chi connectivity index (χ4v) is 4.40. The third-order valence-corrected chi connectivity index (χ3v) is 6.68. The molecule has 1 aliphatic heterocycles. The number of ether oxygens (including phenoxy) is 3. The SMILES string of the molecule is CCN(CCN1CCCCC1)c1ccc(N=Nc2ccc(C(=O)NCCOCCOCCOCCN)cc2)cc1. The van der Waals surface area contributed by atoms with Crippen LogP contribution in [-0.2, 0) is 14.2 Å². The highest BCUT2D eigenvalue weighted by Crippen LogP contribution is 2.23. The highest BCUT2D eigenvalue weighted by Gasteiger charge is 2.12. The van der Waals surface area contributed by atoms with Gasteiger partial charge in [0.05, 0.1) is 51.0 Å². The molecule has 0 saturated carbocycles. The third-order valence-electron chi connectivity index (χ3n) is 6.68. The lowest BCUT2D eigenvalue weighted by Crippen LogP contribution is -2.37. The molecule has 10 heteroatoms. The van der Waals surface area contributed by atoms with Crippen LogP contribution in [-0.4, -0.2) is 96.3 Å². The van der Waals surface area contributed by atoms with E-state index in [1.54, 1.807) is 24.3 Å². The molecule has 0 radical (unpaired) electrons. The van der Waals surface area contributed by atoms with Crippen molar-refractivity contribution in [2.45, 2.75) is 26.2 Å². The highest BCUT2D eigenvalue weighted by atomic mass is 16.5. The number of anilines is 1. The molecule has 3 rings (SSSR count). The number of nitrogens with zero attached hydrogens (tertiary/aromatic N) is 4. The lowest BCUT2D eigenvalue weighted by atomic mass is 10.1. The van der Waals surface area contributed by atoms with Crippen LogP contribution in [0.2, 0.25) is 0 Å². The van der Waals surface area contributed by atoms with E-state index in [4.69, 9.17) is 19.9 Å². The van der Waals surface area contributed by atoms with Crippen molar-refractivity contribution in [1.29, 1.82) is 0 Å². The monoisotopic (exact) mass is 554 g/mol. The standard InChI is InChI=1S/C30H46N6O4/c1-2-36(19-18-35-16-4-3-5-17-35)29-12-10-28(11-13-29)34-33-27-8-6-26(7-9-27)30(37)32-15-21-39-23-25-40-24-22-38-20-14-31/h6-13H,2-5,14-25,31H2,1H3,(H,32,37). The first-order valence-corrected chi connectivity index (χ1v) is 14.5. The molecule has 1 amide bonds. The number of amides is 1. The van der Waals surface area contributed by atoms with Gasteiger partial charge in [0.25, 0.3) is 5.91 Å². The summed E-state index contributed by atoms with van der Waals surface area (Å²) in [5.41, 5.74) is 8.60.